The number of halogens is 2. The van der Waals surface area contributed by atoms with Gasteiger partial charge in [-0.1, -0.05) is 28.4 Å². The van der Waals surface area contributed by atoms with E-state index in [1.165, 1.54) is 16.4 Å². The zero-order chi connectivity index (χ0) is 16.1. The number of hydrogen-bond acceptors (Lipinski definition) is 5. The number of aromatic nitrogens is 2. The molecule has 3 rings (SSSR count). The number of rotatable bonds is 3. The maximum Gasteiger partial charge on any atom is 0.244 e. The van der Waals surface area contributed by atoms with Crippen molar-refractivity contribution in [3.8, 4) is 0 Å². The van der Waals surface area contributed by atoms with Crippen molar-refractivity contribution in [3.63, 3.8) is 0 Å². The summed E-state index contributed by atoms with van der Waals surface area (Å²) >= 11 is 12.0. The van der Waals surface area contributed by atoms with Crippen LogP contribution in [0.15, 0.2) is 21.6 Å². The molecule has 118 valence electrons. The standard InChI is InChI=1S/C13H13Cl2N3O3S/c1-7-3-12(11(15)4-10(7)14)22(19,20)18-5-9(6-18)13-16-8(2)17-21-13/h3-4,9H,5-6H2,1-2H3. The molecular weight excluding hydrogens is 349 g/mol. The lowest BCUT2D eigenvalue weighted by atomic mass is 10.0. The number of nitrogens with zero attached hydrogens (tertiary/aromatic N) is 3. The zero-order valence-corrected chi connectivity index (χ0v) is 14.2. The summed E-state index contributed by atoms with van der Waals surface area (Å²) in [5.74, 6) is 0.915. The lowest BCUT2D eigenvalue weighted by molar-refractivity contribution is 0.216. The second-order valence-electron chi connectivity index (χ2n) is 5.23. The largest absolute Gasteiger partial charge is 0.339 e. The Morgan fingerprint density at radius 2 is 1.91 bits per heavy atom. The van der Waals surface area contributed by atoms with E-state index in [1.807, 2.05) is 0 Å². The van der Waals surface area contributed by atoms with Crippen LogP contribution >= 0.6 is 23.2 Å². The Balaban J connectivity index is 1.82. The highest BCUT2D eigenvalue weighted by Gasteiger charge is 2.41. The Morgan fingerprint density at radius 3 is 2.50 bits per heavy atom. The fraction of sp³-hybridized carbons (Fsp3) is 0.385. The van der Waals surface area contributed by atoms with Crippen molar-refractivity contribution >= 4 is 33.2 Å². The summed E-state index contributed by atoms with van der Waals surface area (Å²) in [4.78, 5) is 4.19. The highest BCUT2D eigenvalue weighted by molar-refractivity contribution is 7.89. The Morgan fingerprint density at radius 1 is 1.23 bits per heavy atom. The van der Waals surface area contributed by atoms with Crippen LogP contribution in [0.5, 0.6) is 0 Å². The second-order valence-corrected chi connectivity index (χ2v) is 7.95. The second kappa shape index (κ2) is 5.49. The molecule has 1 aromatic heterocycles. The molecule has 1 saturated heterocycles. The van der Waals surface area contributed by atoms with Crippen LogP contribution < -0.4 is 0 Å². The van der Waals surface area contributed by atoms with Gasteiger partial charge in [0.2, 0.25) is 15.9 Å². The minimum atomic E-state index is -3.65. The molecule has 1 aliphatic rings. The van der Waals surface area contributed by atoms with Crippen molar-refractivity contribution in [3.05, 3.63) is 39.5 Å². The molecule has 6 nitrogen and oxygen atoms in total. The summed E-state index contributed by atoms with van der Waals surface area (Å²) in [5.41, 5.74) is 0.661. The van der Waals surface area contributed by atoms with Gasteiger partial charge in [0.15, 0.2) is 5.82 Å². The maximum atomic E-state index is 12.6. The van der Waals surface area contributed by atoms with E-state index in [2.05, 4.69) is 10.1 Å². The summed E-state index contributed by atoms with van der Waals surface area (Å²) in [6.07, 6.45) is 0. The SMILES string of the molecule is Cc1noc(C2CN(S(=O)(=O)c3cc(C)c(Cl)cc3Cl)C2)n1. The quantitative estimate of drug-likeness (QED) is 0.839. The number of aryl methyl sites for hydroxylation is 2. The highest BCUT2D eigenvalue weighted by Crippen LogP contribution is 2.35. The fourth-order valence-electron chi connectivity index (χ4n) is 2.24. The summed E-state index contributed by atoms with van der Waals surface area (Å²) in [6.45, 7) is 4.04. The third-order valence-electron chi connectivity index (χ3n) is 3.57. The van der Waals surface area contributed by atoms with Gasteiger partial charge in [-0.05, 0) is 31.5 Å². The molecule has 0 amide bonds. The van der Waals surface area contributed by atoms with Crippen LogP contribution in [0, 0.1) is 13.8 Å². The molecule has 2 heterocycles. The first-order valence-corrected chi connectivity index (χ1v) is 8.74. The lowest BCUT2D eigenvalue weighted by Crippen LogP contribution is -2.48. The van der Waals surface area contributed by atoms with E-state index in [1.54, 1.807) is 13.8 Å². The molecule has 1 aliphatic heterocycles. The third-order valence-corrected chi connectivity index (χ3v) is 6.28. The van der Waals surface area contributed by atoms with E-state index < -0.39 is 10.0 Å². The van der Waals surface area contributed by atoms with E-state index in [9.17, 15) is 8.42 Å². The average Bonchev–Trinajstić information content (AvgIpc) is 2.78. The van der Waals surface area contributed by atoms with E-state index in [4.69, 9.17) is 27.7 Å². The minimum Gasteiger partial charge on any atom is -0.339 e. The van der Waals surface area contributed by atoms with Crippen LogP contribution in [0.4, 0.5) is 0 Å². The van der Waals surface area contributed by atoms with Gasteiger partial charge in [-0.15, -0.1) is 0 Å². The molecule has 1 aromatic carbocycles. The Hall–Kier alpha value is -1.15. The van der Waals surface area contributed by atoms with Crippen LogP contribution in [0.1, 0.15) is 23.2 Å². The minimum absolute atomic E-state index is 0.0660. The molecule has 0 bridgehead atoms. The van der Waals surface area contributed by atoms with E-state index in [0.29, 0.717) is 35.4 Å². The molecule has 0 saturated carbocycles. The first-order chi connectivity index (χ1) is 10.3. The van der Waals surface area contributed by atoms with Gasteiger partial charge in [0.1, 0.15) is 4.90 Å². The number of benzene rings is 1. The monoisotopic (exact) mass is 361 g/mol. The predicted molar refractivity (Wildman–Crippen MR) is 81.7 cm³/mol. The molecular formula is C13H13Cl2N3O3S. The molecule has 9 heteroatoms. The molecule has 2 aromatic rings. The van der Waals surface area contributed by atoms with Crippen LogP contribution in [0.25, 0.3) is 0 Å². The smallest absolute Gasteiger partial charge is 0.244 e. The molecule has 0 aliphatic carbocycles. The molecule has 0 N–H and O–H groups in total. The van der Waals surface area contributed by atoms with Gasteiger partial charge in [-0.2, -0.15) is 9.29 Å². The van der Waals surface area contributed by atoms with Crippen molar-refractivity contribution in [1.29, 1.82) is 0 Å². The van der Waals surface area contributed by atoms with Gasteiger partial charge >= 0.3 is 0 Å². The van der Waals surface area contributed by atoms with E-state index in [0.717, 1.165) is 0 Å². The van der Waals surface area contributed by atoms with Crippen LogP contribution in [0.3, 0.4) is 0 Å². The molecule has 22 heavy (non-hydrogen) atoms. The van der Waals surface area contributed by atoms with Crippen LogP contribution in [-0.4, -0.2) is 36.0 Å². The van der Waals surface area contributed by atoms with Gasteiger partial charge in [-0.3, -0.25) is 0 Å². The van der Waals surface area contributed by atoms with Crippen molar-refractivity contribution in [2.75, 3.05) is 13.1 Å². The topological polar surface area (TPSA) is 76.3 Å². The van der Waals surface area contributed by atoms with Crippen LogP contribution in [-0.2, 0) is 10.0 Å². The molecule has 0 atom stereocenters. The third kappa shape index (κ3) is 2.62. The molecule has 1 fully saturated rings. The fourth-order valence-corrected chi connectivity index (χ4v) is 4.57. The number of sulfonamides is 1. The molecule has 0 spiro atoms. The maximum absolute atomic E-state index is 12.6. The highest BCUT2D eigenvalue weighted by atomic mass is 35.5. The summed E-state index contributed by atoms with van der Waals surface area (Å²) in [6, 6.07) is 2.94. The molecule has 0 radical (unpaired) electrons. The van der Waals surface area contributed by atoms with Gasteiger partial charge < -0.3 is 4.52 Å². The van der Waals surface area contributed by atoms with Gasteiger partial charge in [0.25, 0.3) is 0 Å². The zero-order valence-electron chi connectivity index (χ0n) is 11.9. The Labute approximate surface area is 138 Å². The van der Waals surface area contributed by atoms with Gasteiger partial charge in [-0.25, -0.2) is 8.42 Å². The van der Waals surface area contributed by atoms with Crippen molar-refractivity contribution < 1.29 is 12.9 Å². The molecule has 0 unspecified atom stereocenters. The lowest BCUT2D eigenvalue weighted by Gasteiger charge is -2.36. The Bertz CT molecular complexity index is 829. The average molecular weight is 362 g/mol. The Kier molecular flexibility index (Phi) is 3.92. The summed E-state index contributed by atoms with van der Waals surface area (Å²) < 4.78 is 31.6. The normalized spacial score (nSPS) is 16.7. The van der Waals surface area contributed by atoms with Gasteiger partial charge in [0, 0.05) is 18.1 Å². The van der Waals surface area contributed by atoms with Gasteiger partial charge in [0.05, 0.1) is 10.9 Å². The first-order valence-electron chi connectivity index (χ1n) is 6.55. The van der Waals surface area contributed by atoms with E-state index >= 15 is 0 Å². The van der Waals surface area contributed by atoms with Crippen molar-refractivity contribution in [2.45, 2.75) is 24.7 Å². The summed E-state index contributed by atoms with van der Waals surface area (Å²) in [5, 5.41) is 4.27. The van der Waals surface area contributed by atoms with E-state index in [-0.39, 0.29) is 15.8 Å². The summed E-state index contributed by atoms with van der Waals surface area (Å²) in [7, 11) is -3.65. The first kappa shape index (κ1) is 15.7. The van der Waals surface area contributed by atoms with Crippen molar-refractivity contribution in [2.24, 2.45) is 0 Å². The number of hydrogen-bond donors (Lipinski definition) is 0. The van der Waals surface area contributed by atoms with Crippen molar-refractivity contribution in [1.82, 2.24) is 14.4 Å². The van der Waals surface area contributed by atoms with Crippen LogP contribution in [0.2, 0.25) is 10.0 Å². The predicted octanol–water partition coefficient (Wildman–Crippen LogP) is 2.78.